The van der Waals surface area contributed by atoms with Crippen LogP contribution >= 0.6 is 11.3 Å². The van der Waals surface area contributed by atoms with Crippen LogP contribution in [0.2, 0.25) is 0 Å². The zero-order chi connectivity index (χ0) is 20.9. The van der Waals surface area contributed by atoms with Crippen molar-refractivity contribution in [2.45, 2.75) is 13.8 Å². The molecule has 1 amide bonds. The van der Waals surface area contributed by atoms with Crippen LogP contribution < -0.4 is 10.1 Å². The first-order valence-electron chi connectivity index (χ1n) is 9.69. The molecule has 1 N–H and O–H groups in total. The van der Waals surface area contributed by atoms with Gasteiger partial charge in [0, 0.05) is 22.2 Å². The second kappa shape index (κ2) is 8.93. The van der Waals surface area contributed by atoms with Crippen molar-refractivity contribution < 1.29 is 9.53 Å². The van der Waals surface area contributed by atoms with Crippen molar-refractivity contribution in [1.82, 2.24) is 4.98 Å². The van der Waals surface area contributed by atoms with Crippen LogP contribution in [-0.2, 0) is 4.79 Å². The lowest BCUT2D eigenvalue weighted by molar-refractivity contribution is -0.118. The molecule has 4 aromatic rings. The van der Waals surface area contributed by atoms with Gasteiger partial charge in [0.25, 0.3) is 5.91 Å². The van der Waals surface area contributed by atoms with Gasteiger partial charge in [0.15, 0.2) is 6.61 Å². The summed E-state index contributed by atoms with van der Waals surface area (Å²) < 4.78 is 5.62. The number of carbonyl (C=O) groups is 1. The summed E-state index contributed by atoms with van der Waals surface area (Å²) in [6, 6.07) is 23.7. The fourth-order valence-corrected chi connectivity index (χ4v) is 4.04. The zero-order valence-corrected chi connectivity index (χ0v) is 17.7. The predicted molar refractivity (Wildman–Crippen MR) is 123 cm³/mol. The molecule has 0 saturated carbocycles. The summed E-state index contributed by atoms with van der Waals surface area (Å²) in [6.07, 6.45) is 0. The number of hydrogen-bond donors (Lipinski definition) is 1. The van der Waals surface area contributed by atoms with Gasteiger partial charge in [-0.1, -0.05) is 48.5 Å². The van der Waals surface area contributed by atoms with Gasteiger partial charge in [-0.05, 0) is 49.2 Å². The van der Waals surface area contributed by atoms with Crippen molar-refractivity contribution in [2.75, 3.05) is 11.9 Å². The Hall–Kier alpha value is -3.44. The third-order valence-corrected chi connectivity index (χ3v) is 5.45. The number of ether oxygens (including phenoxy) is 1. The monoisotopic (exact) mass is 414 g/mol. The number of nitrogens with zero attached hydrogens (tertiary/aromatic N) is 1. The summed E-state index contributed by atoms with van der Waals surface area (Å²) in [5, 5.41) is 5.91. The van der Waals surface area contributed by atoms with Crippen molar-refractivity contribution in [1.29, 1.82) is 0 Å². The molecule has 0 unspecified atom stereocenters. The smallest absolute Gasteiger partial charge is 0.262 e. The first-order valence-corrected chi connectivity index (χ1v) is 10.6. The molecule has 4 nitrogen and oxygen atoms in total. The molecule has 0 bridgehead atoms. The Morgan fingerprint density at radius 3 is 2.33 bits per heavy atom. The molecule has 0 radical (unpaired) electrons. The lowest BCUT2D eigenvalue weighted by Crippen LogP contribution is -2.20. The number of aromatic nitrogens is 1. The molecule has 0 atom stereocenters. The van der Waals surface area contributed by atoms with Crippen LogP contribution in [0.25, 0.3) is 21.8 Å². The van der Waals surface area contributed by atoms with Crippen molar-refractivity contribution in [2.24, 2.45) is 0 Å². The highest BCUT2D eigenvalue weighted by atomic mass is 32.1. The van der Waals surface area contributed by atoms with E-state index < -0.39 is 0 Å². The van der Waals surface area contributed by atoms with Crippen LogP contribution in [0.15, 0.2) is 78.2 Å². The number of benzene rings is 3. The van der Waals surface area contributed by atoms with E-state index in [9.17, 15) is 4.79 Å². The Morgan fingerprint density at radius 2 is 1.63 bits per heavy atom. The number of hydrogen-bond acceptors (Lipinski definition) is 4. The summed E-state index contributed by atoms with van der Waals surface area (Å²) in [4.78, 5) is 17.0. The minimum atomic E-state index is -0.193. The molecular weight excluding hydrogens is 392 g/mol. The van der Waals surface area contributed by atoms with Gasteiger partial charge in [0.2, 0.25) is 0 Å². The third kappa shape index (κ3) is 4.93. The highest BCUT2D eigenvalue weighted by molar-refractivity contribution is 7.13. The predicted octanol–water partition coefficient (Wildman–Crippen LogP) is 6.11. The van der Waals surface area contributed by atoms with E-state index in [0.29, 0.717) is 5.75 Å². The Morgan fingerprint density at radius 1 is 0.933 bits per heavy atom. The van der Waals surface area contributed by atoms with E-state index >= 15 is 0 Å². The Balaban J connectivity index is 1.36. The van der Waals surface area contributed by atoms with Crippen LogP contribution in [0.3, 0.4) is 0 Å². The minimum Gasteiger partial charge on any atom is -0.484 e. The van der Waals surface area contributed by atoms with Gasteiger partial charge in [-0.15, -0.1) is 11.3 Å². The van der Waals surface area contributed by atoms with Gasteiger partial charge in [-0.3, -0.25) is 4.79 Å². The number of aryl methyl sites for hydroxylation is 2. The summed E-state index contributed by atoms with van der Waals surface area (Å²) in [7, 11) is 0. The fraction of sp³-hybridized carbons (Fsp3) is 0.120. The third-order valence-electron chi connectivity index (χ3n) is 4.55. The van der Waals surface area contributed by atoms with E-state index in [2.05, 4.69) is 23.5 Å². The van der Waals surface area contributed by atoms with Gasteiger partial charge < -0.3 is 10.1 Å². The first-order chi connectivity index (χ1) is 14.6. The fourth-order valence-electron chi connectivity index (χ4n) is 3.21. The van der Waals surface area contributed by atoms with Gasteiger partial charge in [-0.25, -0.2) is 4.98 Å². The van der Waals surface area contributed by atoms with Crippen LogP contribution in [-0.4, -0.2) is 17.5 Å². The van der Waals surface area contributed by atoms with E-state index in [1.54, 1.807) is 11.3 Å². The molecule has 0 saturated heterocycles. The maximum absolute atomic E-state index is 12.2. The summed E-state index contributed by atoms with van der Waals surface area (Å²) in [6.45, 7) is 3.98. The van der Waals surface area contributed by atoms with Crippen LogP contribution in [0, 0.1) is 13.8 Å². The molecular formula is C25H22N2O2S. The molecule has 3 aromatic carbocycles. The van der Waals surface area contributed by atoms with Crippen LogP contribution in [0.5, 0.6) is 5.75 Å². The topological polar surface area (TPSA) is 51.2 Å². The first kappa shape index (κ1) is 19.9. The number of carbonyl (C=O) groups excluding carboxylic acids is 1. The minimum absolute atomic E-state index is 0.0306. The standard InChI is InChI=1S/C25H22N2O2S/c1-17-12-18(2)14-22(13-17)29-15-24(28)26-21-10-8-19(9-11-21)23-16-30-25(27-23)20-6-4-3-5-7-20/h3-14,16H,15H2,1-2H3,(H,26,28). The molecule has 150 valence electrons. The molecule has 30 heavy (non-hydrogen) atoms. The molecule has 1 heterocycles. The number of nitrogens with one attached hydrogen (secondary N) is 1. The highest BCUT2D eigenvalue weighted by Gasteiger charge is 2.08. The number of anilines is 1. The van der Waals surface area contributed by atoms with Crippen molar-refractivity contribution >= 4 is 22.9 Å². The Kier molecular flexibility index (Phi) is 5.91. The van der Waals surface area contributed by atoms with Gasteiger partial charge in [0.1, 0.15) is 10.8 Å². The van der Waals surface area contributed by atoms with Crippen molar-refractivity contribution in [3.05, 3.63) is 89.3 Å². The number of thiazole rings is 1. The summed E-state index contributed by atoms with van der Waals surface area (Å²) >= 11 is 1.62. The SMILES string of the molecule is Cc1cc(C)cc(OCC(=O)Nc2ccc(-c3csc(-c4ccccc4)n3)cc2)c1. The summed E-state index contributed by atoms with van der Waals surface area (Å²) in [5.74, 6) is 0.512. The highest BCUT2D eigenvalue weighted by Crippen LogP contribution is 2.29. The molecule has 0 fully saturated rings. The molecule has 0 aliphatic carbocycles. The van der Waals surface area contributed by atoms with E-state index in [1.165, 1.54) is 0 Å². The van der Waals surface area contributed by atoms with Gasteiger partial charge >= 0.3 is 0 Å². The maximum Gasteiger partial charge on any atom is 0.262 e. The zero-order valence-electron chi connectivity index (χ0n) is 16.9. The molecule has 5 heteroatoms. The van der Waals surface area contributed by atoms with E-state index in [0.717, 1.165) is 38.6 Å². The van der Waals surface area contributed by atoms with Crippen molar-refractivity contribution in [3.63, 3.8) is 0 Å². The average molecular weight is 415 g/mol. The van der Waals surface area contributed by atoms with E-state index in [4.69, 9.17) is 9.72 Å². The lowest BCUT2D eigenvalue weighted by atomic mass is 10.1. The molecule has 0 aliphatic heterocycles. The van der Waals surface area contributed by atoms with Crippen molar-refractivity contribution in [3.8, 4) is 27.6 Å². The quantitative estimate of drug-likeness (QED) is 0.414. The number of amides is 1. The Bertz CT molecular complexity index is 1130. The molecule has 4 rings (SSSR count). The molecule has 1 aromatic heterocycles. The van der Waals surface area contributed by atoms with E-state index in [-0.39, 0.29) is 12.5 Å². The second-order valence-electron chi connectivity index (χ2n) is 7.14. The molecule has 0 aliphatic rings. The second-order valence-corrected chi connectivity index (χ2v) is 8.00. The normalized spacial score (nSPS) is 10.6. The lowest BCUT2D eigenvalue weighted by Gasteiger charge is -2.09. The van der Waals surface area contributed by atoms with Crippen LogP contribution in [0.4, 0.5) is 5.69 Å². The molecule has 0 spiro atoms. The van der Waals surface area contributed by atoms with E-state index in [1.807, 2.05) is 73.8 Å². The summed E-state index contributed by atoms with van der Waals surface area (Å²) in [5.41, 5.74) is 6.00. The van der Waals surface area contributed by atoms with Gasteiger partial charge in [0.05, 0.1) is 5.69 Å². The Labute approximate surface area is 180 Å². The van der Waals surface area contributed by atoms with Crippen LogP contribution in [0.1, 0.15) is 11.1 Å². The largest absolute Gasteiger partial charge is 0.484 e. The number of rotatable bonds is 6. The maximum atomic E-state index is 12.2. The van der Waals surface area contributed by atoms with Gasteiger partial charge in [-0.2, -0.15) is 0 Å². The average Bonchev–Trinajstić information content (AvgIpc) is 3.23.